The van der Waals surface area contributed by atoms with E-state index in [2.05, 4.69) is 5.32 Å². The molecular formula is C25H33N3O6S. The molecule has 2 aromatic rings. The van der Waals surface area contributed by atoms with Crippen molar-refractivity contribution in [2.45, 2.75) is 39.8 Å². The fraction of sp³-hybridized carbons (Fsp3) is 0.400. The lowest BCUT2D eigenvalue weighted by atomic mass is 10.1. The first kappa shape index (κ1) is 27.8. The van der Waals surface area contributed by atoms with Crippen LogP contribution in [0.25, 0.3) is 0 Å². The SMILES string of the molecule is CCCNC(=O)[C@@H](C)N(Cc1ccc(OC)cc1)C(=O)CN(c1cccc(C(C)=O)c1)S(C)(=O)=O. The van der Waals surface area contributed by atoms with Crippen LogP contribution >= 0.6 is 0 Å². The van der Waals surface area contributed by atoms with E-state index in [-0.39, 0.29) is 23.9 Å². The smallest absolute Gasteiger partial charge is 0.244 e. The van der Waals surface area contributed by atoms with Crippen LogP contribution in [-0.4, -0.2) is 63.4 Å². The van der Waals surface area contributed by atoms with E-state index in [4.69, 9.17) is 4.74 Å². The van der Waals surface area contributed by atoms with Crippen molar-refractivity contribution in [1.29, 1.82) is 0 Å². The van der Waals surface area contributed by atoms with Crippen molar-refractivity contribution in [1.82, 2.24) is 10.2 Å². The van der Waals surface area contributed by atoms with Crippen LogP contribution in [-0.2, 0) is 26.2 Å². The van der Waals surface area contributed by atoms with Gasteiger partial charge in [-0.25, -0.2) is 8.42 Å². The van der Waals surface area contributed by atoms with Crippen molar-refractivity contribution in [2.75, 3.05) is 30.8 Å². The van der Waals surface area contributed by atoms with Crippen LogP contribution in [0, 0.1) is 0 Å². The number of hydrogen-bond donors (Lipinski definition) is 1. The number of benzene rings is 2. The topological polar surface area (TPSA) is 113 Å². The molecule has 0 aliphatic carbocycles. The van der Waals surface area contributed by atoms with Gasteiger partial charge in [0, 0.05) is 18.7 Å². The van der Waals surface area contributed by atoms with E-state index in [0.29, 0.717) is 17.9 Å². The number of rotatable bonds is 12. The van der Waals surface area contributed by atoms with Crippen LogP contribution in [0.1, 0.15) is 43.1 Å². The van der Waals surface area contributed by atoms with Gasteiger partial charge in [-0.3, -0.25) is 18.7 Å². The van der Waals surface area contributed by atoms with Crippen LogP contribution in [0.5, 0.6) is 5.75 Å². The van der Waals surface area contributed by atoms with Gasteiger partial charge in [0.2, 0.25) is 21.8 Å². The number of amides is 2. The Hall–Kier alpha value is -3.40. The molecule has 35 heavy (non-hydrogen) atoms. The molecule has 0 unspecified atom stereocenters. The van der Waals surface area contributed by atoms with Gasteiger partial charge in [-0.1, -0.05) is 31.2 Å². The number of carbonyl (C=O) groups is 3. The summed E-state index contributed by atoms with van der Waals surface area (Å²) in [7, 11) is -2.33. The molecule has 0 aliphatic rings. The predicted octanol–water partition coefficient (Wildman–Crippen LogP) is 2.61. The summed E-state index contributed by atoms with van der Waals surface area (Å²) in [6, 6.07) is 12.3. The van der Waals surface area contributed by atoms with Gasteiger partial charge in [0.05, 0.1) is 19.1 Å². The summed E-state index contributed by atoms with van der Waals surface area (Å²) < 4.78 is 31.4. The molecule has 0 spiro atoms. The number of nitrogens with zero attached hydrogens (tertiary/aromatic N) is 2. The summed E-state index contributed by atoms with van der Waals surface area (Å²) in [5, 5.41) is 2.78. The fourth-order valence-corrected chi connectivity index (χ4v) is 4.24. The maximum atomic E-state index is 13.5. The van der Waals surface area contributed by atoms with E-state index in [1.54, 1.807) is 50.4 Å². The number of nitrogens with one attached hydrogen (secondary N) is 1. The summed E-state index contributed by atoms with van der Waals surface area (Å²) in [5.41, 5.74) is 1.27. The van der Waals surface area contributed by atoms with Crippen LogP contribution in [0.15, 0.2) is 48.5 Å². The number of sulfonamides is 1. The van der Waals surface area contributed by atoms with Crippen molar-refractivity contribution in [3.63, 3.8) is 0 Å². The third-order valence-corrected chi connectivity index (χ3v) is 6.59. The molecule has 0 bridgehead atoms. The zero-order chi connectivity index (χ0) is 26.2. The molecule has 9 nitrogen and oxygen atoms in total. The van der Waals surface area contributed by atoms with Crippen molar-refractivity contribution >= 4 is 33.3 Å². The van der Waals surface area contributed by atoms with Crippen molar-refractivity contribution in [3.8, 4) is 5.75 Å². The number of methoxy groups -OCH3 is 1. The molecule has 10 heteroatoms. The minimum Gasteiger partial charge on any atom is -0.497 e. The van der Waals surface area contributed by atoms with Gasteiger partial charge < -0.3 is 15.0 Å². The molecule has 0 fully saturated rings. The van der Waals surface area contributed by atoms with E-state index in [0.717, 1.165) is 22.5 Å². The molecule has 2 amide bonds. The number of carbonyl (C=O) groups excluding carboxylic acids is 3. The van der Waals surface area contributed by atoms with Gasteiger partial charge in [-0.15, -0.1) is 0 Å². The monoisotopic (exact) mass is 503 g/mol. The molecule has 0 aromatic heterocycles. The van der Waals surface area contributed by atoms with Crippen molar-refractivity contribution < 1.29 is 27.5 Å². The largest absolute Gasteiger partial charge is 0.497 e. The number of ketones is 1. The maximum absolute atomic E-state index is 13.5. The first-order chi connectivity index (χ1) is 16.5. The molecule has 2 rings (SSSR count). The van der Waals surface area contributed by atoms with Gasteiger partial charge in [0.1, 0.15) is 18.3 Å². The average molecular weight is 504 g/mol. The Morgan fingerprint density at radius 3 is 2.29 bits per heavy atom. The molecule has 0 radical (unpaired) electrons. The van der Waals surface area contributed by atoms with Crippen LogP contribution in [0.4, 0.5) is 5.69 Å². The zero-order valence-corrected chi connectivity index (χ0v) is 21.6. The van der Waals surface area contributed by atoms with E-state index in [1.165, 1.54) is 24.0 Å². The number of anilines is 1. The highest BCUT2D eigenvalue weighted by atomic mass is 32.2. The number of Topliss-reactive ketones (excluding diaryl/α,β-unsaturated/α-hetero) is 1. The fourth-order valence-electron chi connectivity index (χ4n) is 3.40. The maximum Gasteiger partial charge on any atom is 0.244 e. The average Bonchev–Trinajstić information content (AvgIpc) is 2.83. The highest BCUT2D eigenvalue weighted by molar-refractivity contribution is 7.92. The summed E-state index contributed by atoms with van der Waals surface area (Å²) in [5.74, 6) is -0.472. The van der Waals surface area contributed by atoms with Crippen molar-refractivity contribution in [3.05, 3.63) is 59.7 Å². The Morgan fingerprint density at radius 1 is 1.09 bits per heavy atom. The Labute approximate surface area is 207 Å². The Morgan fingerprint density at radius 2 is 1.74 bits per heavy atom. The lowest BCUT2D eigenvalue weighted by Crippen LogP contribution is -2.51. The third kappa shape index (κ3) is 7.81. The summed E-state index contributed by atoms with van der Waals surface area (Å²) in [6.07, 6.45) is 1.73. The van der Waals surface area contributed by atoms with Gasteiger partial charge in [0.15, 0.2) is 5.78 Å². The van der Waals surface area contributed by atoms with Gasteiger partial charge in [-0.05, 0) is 50.1 Å². The minimum absolute atomic E-state index is 0.0919. The number of hydrogen-bond acceptors (Lipinski definition) is 6. The van der Waals surface area contributed by atoms with E-state index < -0.39 is 28.5 Å². The van der Waals surface area contributed by atoms with Crippen molar-refractivity contribution in [2.24, 2.45) is 0 Å². The highest BCUT2D eigenvalue weighted by Gasteiger charge is 2.30. The van der Waals surface area contributed by atoms with Crippen LogP contribution < -0.4 is 14.4 Å². The summed E-state index contributed by atoms with van der Waals surface area (Å²) in [6.45, 7) is 4.93. The van der Waals surface area contributed by atoms with E-state index in [9.17, 15) is 22.8 Å². The third-order valence-electron chi connectivity index (χ3n) is 5.45. The van der Waals surface area contributed by atoms with Crippen LogP contribution in [0.3, 0.4) is 0 Å². The lowest BCUT2D eigenvalue weighted by Gasteiger charge is -2.31. The minimum atomic E-state index is -3.87. The second-order valence-corrected chi connectivity index (χ2v) is 10.1. The second-order valence-electron chi connectivity index (χ2n) is 8.21. The number of ether oxygens (including phenoxy) is 1. The second kappa shape index (κ2) is 12.3. The van der Waals surface area contributed by atoms with Gasteiger partial charge in [0.25, 0.3) is 0 Å². The quantitative estimate of drug-likeness (QED) is 0.446. The van der Waals surface area contributed by atoms with E-state index >= 15 is 0 Å². The standard InChI is InChI=1S/C25H33N3O6S/c1-6-14-26-25(31)18(2)27(16-20-10-12-23(34-4)13-11-20)24(30)17-28(35(5,32)33)22-9-7-8-21(15-22)19(3)29/h7-13,15,18H,6,14,16-17H2,1-5H3,(H,26,31)/t18-/m1/s1. The first-order valence-electron chi connectivity index (χ1n) is 11.3. The van der Waals surface area contributed by atoms with Gasteiger partial charge >= 0.3 is 0 Å². The normalized spacial score (nSPS) is 11.9. The first-order valence-corrected chi connectivity index (χ1v) is 13.1. The molecule has 2 aromatic carbocycles. The summed E-state index contributed by atoms with van der Waals surface area (Å²) in [4.78, 5) is 39.4. The Balaban J connectivity index is 2.40. The lowest BCUT2D eigenvalue weighted by molar-refractivity contribution is -0.139. The molecule has 0 saturated heterocycles. The molecule has 1 atom stereocenters. The molecule has 0 aliphatic heterocycles. The molecular weight excluding hydrogens is 470 g/mol. The molecule has 1 N–H and O–H groups in total. The Kier molecular flexibility index (Phi) is 9.82. The Bertz CT molecular complexity index is 1150. The summed E-state index contributed by atoms with van der Waals surface area (Å²) >= 11 is 0. The molecule has 0 heterocycles. The van der Waals surface area contributed by atoms with Crippen LogP contribution in [0.2, 0.25) is 0 Å². The predicted molar refractivity (Wildman–Crippen MR) is 135 cm³/mol. The zero-order valence-electron chi connectivity index (χ0n) is 20.8. The molecule has 0 saturated carbocycles. The van der Waals surface area contributed by atoms with E-state index in [1.807, 2.05) is 6.92 Å². The highest BCUT2D eigenvalue weighted by Crippen LogP contribution is 2.21. The molecule has 190 valence electrons. The van der Waals surface area contributed by atoms with Gasteiger partial charge in [-0.2, -0.15) is 0 Å².